The van der Waals surface area contributed by atoms with E-state index >= 15 is 0 Å². The van der Waals surface area contributed by atoms with E-state index in [0.29, 0.717) is 6.04 Å². The molecule has 2 aliphatic carbocycles. The van der Waals surface area contributed by atoms with Crippen molar-refractivity contribution < 1.29 is 4.74 Å². The van der Waals surface area contributed by atoms with Gasteiger partial charge in [0, 0.05) is 13.2 Å². The Labute approximate surface area is 119 Å². The van der Waals surface area contributed by atoms with Crippen LogP contribution in [0.3, 0.4) is 0 Å². The van der Waals surface area contributed by atoms with E-state index in [0.717, 1.165) is 12.5 Å². The molecule has 2 aliphatic rings. The van der Waals surface area contributed by atoms with Gasteiger partial charge in [-0.3, -0.25) is 0 Å². The molecule has 0 aromatic heterocycles. The summed E-state index contributed by atoms with van der Waals surface area (Å²) in [7, 11) is 1.95. The Morgan fingerprint density at radius 1 is 1.11 bits per heavy atom. The zero-order valence-electron chi connectivity index (χ0n) is 13.0. The van der Waals surface area contributed by atoms with Crippen LogP contribution in [0.15, 0.2) is 0 Å². The van der Waals surface area contributed by atoms with Gasteiger partial charge in [0.2, 0.25) is 0 Å². The Bertz CT molecular complexity index is 242. The summed E-state index contributed by atoms with van der Waals surface area (Å²) in [6.45, 7) is 3.41. The van der Waals surface area contributed by atoms with E-state index in [4.69, 9.17) is 4.74 Å². The summed E-state index contributed by atoms with van der Waals surface area (Å²) in [5.41, 5.74) is 0.135. The molecule has 2 rings (SSSR count). The van der Waals surface area contributed by atoms with Crippen molar-refractivity contribution in [1.82, 2.24) is 5.32 Å². The summed E-state index contributed by atoms with van der Waals surface area (Å²) >= 11 is 0. The van der Waals surface area contributed by atoms with Gasteiger partial charge in [-0.15, -0.1) is 0 Å². The Morgan fingerprint density at radius 2 is 1.79 bits per heavy atom. The summed E-state index contributed by atoms with van der Waals surface area (Å²) in [5.74, 6) is 0.948. The number of hydrogen-bond acceptors (Lipinski definition) is 2. The summed E-state index contributed by atoms with van der Waals surface area (Å²) in [4.78, 5) is 0. The number of rotatable bonds is 7. The van der Waals surface area contributed by atoms with Gasteiger partial charge in [0.15, 0.2) is 0 Å². The molecule has 0 aliphatic heterocycles. The lowest BCUT2D eigenvalue weighted by Crippen LogP contribution is -2.54. The third-order valence-corrected chi connectivity index (χ3v) is 5.43. The maximum atomic E-state index is 6.09. The number of hydrogen-bond donors (Lipinski definition) is 1. The standard InChI is InChI=1S/C17H33NO/c1-3-13-18-16(14-15-9-5-6-10-15)17(19-2)11-7-4-8-12-17/h15-16,18H,3-14H2,1-2H3. The molecular weight excluding hydrogens is 234 g/mol. The van der Waals surface area contributed by atoms with Gasteiger partial charge in [-0.1, -0.05) is 51.9 Å². The molecule has 0 spiro atoms. The van der Waals surface area contributed by atoms with Crippen molar-refractivity contribution in [3.05, 3.63) is 0 Å². The SMILES string of the molecule is CCCNC(CC1CCCC1)C1(OC)CCCCC1. The van der Waals surface area contributed by atoms with Gasteiger partial charge in [0.25, 0.3) is 0 Å². The first-order valence-corrected chi connectivity index (χ1v) is 8.59. The average molecular weight is 267 g/mol. The predicted molar refractivity (Wildman–Crippen MR) is 81.5 cm³/mol. The van der Waals surface area contributed by atoms with Crippen LogP contribution in [-0.2, 0) is 4.74 Å². The first-order valence-electron chi connectivity index (χ1n) is 8.59. The maximum absolute atomic E-state index is 6.09. The van der Waals surface area contributed by atoms with Crippen molar-refractivity contribution in [2.45, 2.75) is 89.2 Å². The van der Waals surface area contributed by atoms with E-state index in [1.807, 2.05) is 7.11 Å². The Kier molecular flexibility index (Phi) is 6.15. The van der Waals surface area contributed by atoms with Crippen LogP contribution in [0.4, 0.5) is 0 Å². The van der Waals surface area contributed by atoms with Crippen molar-refractivity contribution in [2.24, 2.45) is 5.92 Å². The zero-order valence-corrected chi connectivity index (χ0v) is 13.0. The van der Waals surface area contributed by atoms with E-state index in [9.17, 15) is 0 Å². The molecule has 112 valence electrons. The quantitative estimate of drug-likeness (QED) is 0.743. The van der Waals surface area contributed by atoms with Crippen molar-refractivity contribution in [3.63, 3.8) is 0 Å². The summed E-state index contributed by atoms with van der Waals surface area (Å²) < 4.78 is 6.09. The van der Waals surface area contributed by atoms with Crippen LogP contribution >= 0.6 is 0 Å². The minimum atomic E-state index is 0.135. The molecule has 0 heterocycles. The van der Waals surface area contributed by atoms with Crippen LogP contribution < -0.4 is 5.32 Å². The van der Waals surface area contributed by atoms with Crippen molar-refractivity contribution in [3.8, 4) is 0 Å². The third kappa shape index (κ3) is 3.95. The van der Waals surface area contributed by atoms with Crippen molar-refractivity contribution in [1.29, 1.82) is 0 Å². The lowest BCUT2D eigenvalue weighted by molar-refractivity contribution is -0.0723. The normalized spacial score (nSPS) is 25.6. The smallest absolute Gasteiger partial charge is 0.0831 e. The molecule has 1 atom stereocenters. The summed E-state index contributed by atoms with van der Waals surface area (Å²) in [5, 5.41) is 3.83. The fourth-order valence-electron chi connectivity index (χ4n) is 4.23. The summed E-state index contributed by atoms with van der Waals surface area (Å²) in [6.07, 6.45) is 15.0. The van der Waals surface area contributed by atoms with Gasteiger partial charge in [0.1, 0.15) is 0 Å². The first kappa shape index (κ1) is 15.3. The van der Waals surface area contributed by atoms with Crippen LogP contribution in [0.2, 0.25) is 0 Å². The van der Waals surface area contributed by atoms with E-state index in [-0.39, 0.29) is 5.60 Å². The molecule has 0 bridgehead atoms. The molecule has 2 saturated carbocycles. The van der Waals surface area contributed by atoms with E-state index in [2.05, 4.69) is 12.2 Å². The first-order chi connectivity index (χ1) is 9.30. The van der Waals surface area contributed by atoms with Crippen LogP contribution in [0, 0.1) is 5.92 Å². The molecule has 0 radical (unpaired) electrons. The lowest BCUT2D eigenvalue weighted by Gasteiger charge is -2.44. The topological polar surface area (TPSA) is 21.3 Å². The fraction of sp³-hybridized carbons (Fsp3) is 1.00. The molecule has 1 N–H and O–H groups in total. The average Bonchev–Trinajstić information content (AvgIpc) is 2.97. The van der Waals surface area contributed by atoms with Gasteiger partial charge in [-0.25, -0.2) is 0 Å². The highest BCUT2D eigenvalue weighted by molar-refractivity contribution is 4.96. The van der Waals surface area contributed by atoms with Gasteiger partial charge in [0.05, 0.1) is 5.60 Å². The molecule has 1 unspecified atom stereocenters. The Hall–Kier alpha value is -0.0800. The fourth-order valence-corrected chi connectivity index (χ4v) is 4.23. The Balaban J connectivity index is 2.00. The second-order valence-electron chi connectivity index (χ2n) is 6.72. The number of nitrogens with one attached hydrogen (secondary N) is 1. The minimum absolute atomic E-state index is 0.135. The second-order valence-corrected chi connectivity index (χ2v) is 6.72. The van der Waals surface area contributed by atoms with Crippen LogP contribution in [0.25, 0.3) is 0 Å². The zero-order chi connectivity index (χ0) is 13.6. The van der Waals surface area contributed by atoms with Gasteiger partial charge in [-0.2, -0.15) is 0 Å². The van der Waals surface area contributed by atoms with Gasteiger partial charge < -0.3 is 10.1 Å². The Morgan fingerprint density at radius 3 is 2.37 bits per heavy atom. The number of methoxy groups -OCH3 is 1. The predicted octanol–water partition coefficient (Wildman–Crippen LogP) is 4.28. The highest BCUT2D eigenvalue weighted by Crippen LogP contribution is 2.39. The second kappa shape index (κ2) is 7.64. The molecule has 0 amide bonds. The maximum Gasteiger partial charge on any atom is 0.0831 e. The van der Waals surface area contributed by atoms with Crippen LogP contribution in [0.5, 0.6) is 0 Å². The molecular formula is C17H33NO. The molecule has 2 heteroatoms. The third-order valence-electron chi connectivity index (χ3n) is 5.43. The lowest BCUT2D eigenvalue weighted by atomic mass is 9.76. The van der Waals surface area contributed by atoms with Gasteiger partial charge in [-0.05, 0) is 38.1 Å². The molecule has 2 fully saturated rings. The monoisotopic (exact) mass is 267 g/mol. The van der Waals surface area contributed by atoms with Gasteiger partial charge >= 0.3 is 0 Å². The molecule has 2 nitrogen and oxygen atoms in total. The highest BCUT2D eigenvalue weighted by atomic mass is 16.5. The molecule has 0 saturated heterocycles. The van der Waals surface area contributed by atoms with Crippen molar-refractivity contribution >= 4 is 0 Å². The molecule has 0 aromatic rings. The minimum Gasteiger partial charge on any atom is -0.377 e. The highest BCUT2D eigenvalue weighted by Gasteiger charge is 2.40. The largest absolute Gasteiger partial charge is 0.377 e. The van der Waals surface area contributed by atoms with E-state index in [1.165, 1.54) is 70.6 Å². The van der Waals surface area contributed by atoms with Crippen LogP contribution in [0.1, 0.15) is 77.6 Å². The van der Waals surface area contributed by atoms with Crippen LogP contribution in [-0.4, -0.2) is 25.3 Å². The molecule has 19 heavy (non-hydrogen) atoms. The number of ether oxygens (including phenoxy) is 1. The molecule has 0 aromatic carbocycles. The summed E-state index contributed by atoms with van der Waals surface area (Å²) in [6, 6.07) is 0.584. The van der Waals surface area contributed by atoms with E-state index < -0.39 is 0 Å². The van der Waals surface area contributed by atoms with Crippen molar-refractivity contribution in [2.75, 3.05) is 13.7 Å². The van der Waals surface area contributed by atoms with E-state index in [1.54, 1.807) is 0 Å².